The van der Waals surface area contributed by atoms with Gasteiger partial charge in [-0.05, 0) is 42.5 Å². The monoisotopic (exact) mass is 382 g/mol. The third-order valence-corrected chi connectivity index (χ3v) is 5.02. The van der Waals surface area contributed by atoms with Gasteiger partial charge in [-0.25, -0.2) is 4.79 Å². The Bertz CT molecular complexity index is 1090. The minimum atomic E-state index is -3.98. The first kappa shape index (κ1) is 18.3. The Morgan fingerprint density at radius 3 is 1.89 bits per heavy atom. The molecule has 1 N–H and O–H groups in total. The molecule has 3 aromatic carbocycles. The molecule has 0 saturated heterocycles. The third-order valence-electron chi connectivity index (χ3n) is 3.76. The lowest BCUT2D eigenvalue weighted by molar-refractivity contribution is 0.0692. The fourth-order valence-electron chi connectivity index (χ4n) is 2.45. The van der Waals surface area contributed by atoms with E-state index in [0.29, 0.717) is 0 Å². The molecule has 0 aliphatic carbocycles. The van der Waals surface area contributed by atoms with Crippen LogP contribution in [0.1, 0.15) is 26.3 Å². The zero-order valence-electron chi connectivity index (χ0n) is 13.9. The fraction of sp³-hybridized carbons (Fsp3) is 0. The van der Waals surface area contributed by atoms with E-state index in [0.717, 1.165) is 0 Å². The minimum Gasteiger partial charge on any atom is -0.478 e. The summed E-state index contributed by atoms with van der Waals surface area (Å²) in [5.74, 6) is -1.64. The highest BCUT2D eigenvalue weighted by Gasteiger charge is 2.19. The van der Waals surface area contributed by atoms with Crippen LogP contribution in [-0.4, -0.2) is 25.3 Å². The van der Waals surface area contributed by atoms with E-state index in [1.54, 1.807) is 24.3 Å². The molecular formula is C20H14O6S. The van der Waals surface area contributed by atoms with Crippen LogP contribution in [0.3, 0.4) is 0 Å². The molecule has 0 unspecified atom stereocenters. The summed E-state index contributed by atoms with van der Waals surface area (Å²) in [4.78, 5) is 23.8. The van der Waals surface area contributed by atoms with Gasteiger partial charge in [0.1, 0.15) is 10.6 Å². The van der Waals surface area contributed by atoms with E-state index < -0.39 is 21.9 Å². The number of hydrogen-bond donors (Lipinski definition) is 1. The van der Waals surface area contributed by atoms with Gasteiger partial charge in [-0.3, -0.25) is 4.79 Å². The van der Waals surface area contributed by atoms with Gasteiger partial charge >= 0.3 is 16.1 Å². The first-order chi connectivity index (χ1) is 12.9. The predicted octanol–water partition coefficient (Wildman–Crippen LogP) is 3.38. The van der Waals surface area contributed by atoms with Gasteiger partial charge in [0, 0.05) is 11.1 Å². The Morgan fingerprint density at radius 1 is 0.741 bits per heavy atom. The van der Waals surface area contributed by atoms with Gasteiger partial charge in [0.2, 0.25) is 0 Å². The van der Waals surface area contributed by atoms with Crippen molar-refractivity contribution in [2.24, 2.45) is 0 Å². The number of aromatic carboxylic acids is 1. The molecule has 136 valence electrons. The average Bonchev–Trinajstić information content (AvgIpc) is 2.68. The van der Waals surface area contributed by atoms with E-state index in [-0.39, 0.29) is 27.3 Å². The Hall–Kier alpha value is -3.45. The summed E-state index contributed by atoms with van der Waals surface area (Å²) in [6.07, 6.45) is 0. The number of rotatable bonds is 6. The van der Waals surface area contributed by atoms with Crippen molar-refractivity contribution in [1.29, 1.82) is 0 Å². The molecule has 6 nitrogen and oxygen atoms in total. The quantitative estimate of drug-likeness (QED) is 0.518. The molecule has 3 rings (SSSR count). The average molecular weight is 382 g/mol. The summed E-state index contributed by atoms with van der Waals surface area (Å²) < 4.78 is 29.5. The van der Waals surface area contributed by atoms with Crippen LogP contribution in [0.15, 0.2) is 83.8 Å². The van der Waals surface area contributed by atoms with Gasteiger partial charge < -0.3 is 9.29 Å². The van der Waals surface area contributed by atoms with E-state index in [4.69, 9.17) is 4.18 Å². The SMILES string of the molecule is O=C(O)c1ccccc1C(=O)c1ccc(OS(=O)(=O)c2ccccc2)cc1. The Labute approximate surface area is 155 Å². The van der Waals surface area contributed by atoms with Crippen molar-refractivity contribution in [3.8, 4) is 5.75 Å². The molecule has 0 heterocycles. The number of carboxylic acids is 1. The van der Waals surface area contributed by atoms with Gasteiger partial charge in [-0.15, -0.1) is 0 Å². The van der Waals surface area contributed by atoms with Crippen LogP contribution in [-0.2, 0) is 10.1 Å². The highest BCUT2D eigenvalue weighted by Crippen LogP contribution is 2.21. The van der Waals surface area contributed by atoms with Crippen LogP contribution in [0, 0.1) is 0 Å². The zero-order chi connectivity index (χ0) is 19.4. The number of hydrogen-bond acceptors (Lipinski definition) is 5. The first-order valence-electron chi connectivity index (χ1n) is 7.85. The maximum Gasteiger partial charge on any atom is 0.339 e. The molecule has 0 fully saturated rings. The van der Waals surface area contributed by atoms with E-state index in [2.05, 4.69) is 0 Å². The normalized spacial score (nSPS) is 11.0. The molecule has 0 atom stereocenters. The van der Waals surface area contributed by atoms with Gasteiger partial charge in [0.05, 0.1) is 5.56 Å². The van der Waals surface area contributed by atoms with Gasteiger partial charge in [-0.2, -0.15) is 8.42 Å². The van der Waals surface area contributed by atoms with Crippen LogP contribution in [0.4, 0.5) is 0 Å². The lowest BCUT2D eigenvalue weighted by Gasteiger charge is -2.08. The van der Waals surface area contributed by atoms with Crippen LogP contribution < -0.4 is 4.18 Å². The second-order valence-corrected chi connectivity index (χ2v) is 7.10. The molecule has 0 bridgehead atoms. The summed E-state index contributed by atoms with van der Waals surface area (Å²) in [6.45, 7) is 0. The predicted molar refractivity (Wildman–Crippen MR) is 97.5 cm³/mol. The number of ketones is 1. The molecule has 0 aliphatic heterocycles. The van der Waals surface area contributed by atoms with E-state index in [1.165, 1.54) is 54.6 Å². The van der Waals surface area contributed by atoms with Crippen molar-refractivity contribution in [3.63, 3.8) is 0 Å². The topological polar surface area (TPSA) is 97.7 Å². The van der Waals surface area contributed by atoms with Crippen molar-refractivity contribution in [3.05, 3.63) is 95.6 Å². The van der Waals surface area contributed by atoms with Gasteiger partial charge in [0.15, 0.2) is 5.78 Å². The lowest BCUT2D eigenvalue weighted by Crippen LogP contribution is -2.11. The minimum absolute atomic E-state index is 0.0144. The summed E-state index contributed by atoms with van der Waals surface area (Å²) >= 11 is 0. The maximum atomic E-state index is 12.6. The molecule has 0 radical (unpaired) electrons. The van der Waals surface area contributed by atoms with Crippen molar-refractivity contribution < 1.29 is 27.3 Å². The van der Waals surface area contributed by atoms with Crippen molar-refractivity contribution in [2.45, 2.75) is 4.90 Å². The molecule has 0 amide bonds. The maximum absolute atomic E-state index is 12.6. The van der Waals surface area contributed by atoms with Crippen LogP contribution in [0.5, 0.6) is 5.75 Å². The van der Waals surface area contributed by atoms with E-state index in [1.807, 2.05) is 0 Å². The Morgan fingerprint density at radius 2 is 1.30 bits per heavy atom. The zero-order valence-corrected chi connectivity index (χ0v) is 14.7. The fourth-order valence-corrected chi connectivity index (χ4v) is 3.40. The number of carbonyl (C=O) groups is 2. The number of carboxylic acid groups (broad SMARTS) is 1. The molecule has 0 aliphatic rings. The summed E-state index contributed by atoms with van der Waals surface area (Å²) in [6, 6.07) is 19.0. The Balaban J connectivity index is 1.84. The molecule has 3 aromatic rings. The molecule has 7 heteroatoms. The van der Waals surface area contributed by atoms with Crippen LogP contribution in [0.25, 0.3) is 0 Å². The van der Waals surface area contributed by atoms with Crippen LogP contribution >= 0.6 is 0 Å². The highest BCUT2D eigenvalue weighted by atomic mass is 32.2. The standard InChI is InChI=1S/C20H14O6S/c21-19(17-8-4-5-9-18(17)20(22)23)14-10-12-15(13-11-14)26-27(24,25)16-6-2-1-3-7-16/h1-13H,(H,22,23). The lowest BCUT2D eigenvalue weighted by atomic mass is 9.98. The van der Waals surface area contributed by atoms with Crippen molar-refractivity contribution in [2.75, 3.05) is 0 Å². The first-order valence-corrected chi connectivity index (χ1v) is 9.26. The van der Waals surface area contributed by atoms with E-state index in [9.17, 15) is 23.1 Å². The Kier molecular flexibility index (Phi) is 5.05. The van der Waals surface area contributed by atoms with Gasteiger partial charge in [-0.1, -0.05) is 36.4 Å². The molecule has 0 aromatic heterocycles. The van der Waals surface area contributed by atoms with Crippen molar-refractivity contribution in [1.82, 2.24) is 0 Å². The van der Waals surface area contributed by atoms with Crippen molar-refractivity contribution >= 4 is 21.9 Å². The highest BCUT2D eigenvalue weighted by molar-refractivity contribution is 7.87. The number of benzene rings is 3. The molecular weight excluding hydrogens is 368 g/mol. The van der Waals surface area contributed by atoms with Gasteiger partial charge in [0.25, 0.3) is 0 Å². The second kappa shape index (κ2) is 7.43. The third kappa shape index (κ3) is 4.04. The molecule has 0 saturated carbocycles. The van der Waals surface area contributed by atoms with Crippen LogP contribution in [0.2, 0.25) is 0 Å². The summed E-state index contributed by atoms with van der Waals surface area (Å²) in [7, 11) is -3.98. The van der Waals surface area contributed by atoms with E-state index >= 15 is 0 Å². The second-order valence-electron chi connectivity index (χ2n) is 5.55. The molecule has 27 heavy (non-hydrogen) atoms. The smallest absolute Gasteiger partial charge is 0.339 e. The molecule has 0 spiro atoms. The number of carbonyl (C=O) groups excluding carboxylic acids is 1. The summed E-state index contributed by atoms with van der Waals surface area (Å²) in [5, 5.41) is 9.20. The largest absolute Gasteiger partial charge is 0.478 e. The summed E-state index contributed by atoms with van der Waals surface area (Å²) in [5.41, 5.74) is 0.165.